The van der Waals surface area contributed by atoms with E-state index in [9.17, 15) is 14.3 Å². The van der Waals surface area contributed by atoms with Crippen molar-refractivity contribution in [2.24, 2.45) is 5.73 Å². The highest BCUT2D eigenvalue weighted by Gasteiger charge is 2.22. The number of hydrogen-bond acceptors (Lipinski definition) is 3. The molecule has 0 aliphatic carbocycles. The lowest BCUT2D eigenvalue weighted by Gasteiger charge is -2.19. The summed E-state index contributed by atoms with van der Waals surface area (Å²) in [5, 5.41) is 12.7. The minimum atomic E-state index is -1.01. The van der Waals surface area contributed by atoms with Crippen molar-refractivity contribution in [3.63, 3.8) is 0 Å². The Labute approximate surface area is 116 Å². The summed E-state index contributed by atoms with van der Waals surface area (Å²) < 4.78 is 13.3. The van der Waals surface area contributed by atoms with Gasteiger partial charge in [-0.2, -0.15) is 0 Å². The number of nitrogens with two attached hydrogens (primary N) is 1. The second-order valence-electron chi connectivity index (χ2n) is 4.50. The van der Waals surface area contributed by atoms with E-state index < -0.39 is 17.8 Å². The molecular formula is C15H15FN2O2. The topological polar surface area (TPSA) is 75.3 Å². The maximum atomic E-state index is 13.3. The van der Waals surface area contributed by atoms with Crippen LogP contribution in [0.3, 0.4) is 0 Å². The zero-order valence-corrected chi connectivity index (χ0v) is 10.9. The number of nitrogens with one attached hydrogen (secondary N) is 1. The van der Waals surface area contributed by atoms with Gasteiger partial charge in [0.15, 0.2) is 0 Å². The van der Waals surface area contributed by atoms with Gasteiger partial charge in [0.25, 0.3) is 0 Å². The predicted octanol–water partition coefficient (Wildman–Crippen LogP) is 2.48. The number of aryl methyl sites for hydroxylation is 1. The summed E-state index contributed by atoms with van der Waals surface area (Å²) in [7, 11) is 0. The lowest BCUT2D eigenvalue weighted by atomic mass is 10.0. The SMILES string of the molecule is Cc1ccccc1NC(C(N)=O)c1cc(F)ccc1O. The van der Waals surface area contributed by atoms with Crippen LogP contribution in [0.15, 0.2) is 42.5 Å². The second-order valence-corrected chi connectivity index (χ2v) is 4.50. The Morgan fingerprint density at radius 1 is 1.30 bits per heavy atom. The van der Waals surface area contributed by atoms with Crippen LogP contribution in [0.25, 0.3) is 0 Å². The highest BCUT2D eigenvalue weighted by atomic mass is 19.1. The molecule has 1 unspecified atom stereocenters. The molecule has 0 aliphatic heterocycles. The average molecular weight is 274 g/mol. The van der Waals surface area contributed by atoms with Crippen molar-refractivity contribution >= 4 is 11.6 Å². The van der Waals surface area contributed by atoms with Gasteiger partial charge in [0.05, 0.1) is 0 Å². The van der Waals surface area contributed by atoms with E-state index in [1.807, 2.05) is 19.1 Å². The number of carbonyl (C=O) groups excluding carboxylic acids is 1. The first-order chi connectivity index (χ1) is 9.49. The van der Waals surface area contributed by atoms with E-state index in [1.54, 1.807) is 12.1 Å². The highest BCUT2D eigenvalue weighted by molar-refractivity contribution is 5.85. The molecule has 104 valence electrons. The Hall–Kier alpha value is -2.56. The van der Waals surface area contributed by atoms with Gasteiger partial charge in [-0.25, -0.2) is 4.39 Å². The molecular weight excluding hydrogens is 259 g/mol. The zero-order valence-electron chi connectivity index (χ0n) is 10.9. The third kappa shape index (κ3) is 2.88. The molecule has 0 aromatic heterocycles. The number of phenols is 1. The Morgan fingerprint density at radius 3 is 2.65 bits per heavy atom. The van der Waals surface area contributed by atoms with E-state index in [4.69, 9.17) is 5.73 Å². The summed E-state index contributed by atoms with van der Waals surface area (Å²) in [6.45, 7) is 1.87. The normalized spacial score (nSPS) is 11.9. The van der Waals surface area contributed by atoms with Crippen LogP contribution in [0.4, 0.5) is 10.1 Å². The van der Waals surface area contributed by atoms with Crippen LogP contribution in [-0.2, 0) is 4.79 Å². The Balaban J connectivity index is 2.40. The maximum Gasteiger partial charge on any atom is 0.244 e. The summed E-state index contributed by atoms with van der Waals surface area (Å²) in [6.07, 6.45) is 0. The quantitative estimate of drug-likeness (QED) is 0.801. The van der Waals surface area contributed by atoms with Crippen LogP contribution in [0.5, 0.6) is 5.75 Å². The number of carbonyl (C=O) groups is 1. The van der Waals surface area contributed by atoms with Crippen LogP contribution in [0.1, 0.15) is 17.2 Å². The number of hydrogen-bond donors (Lipinski definition) is 3. The number of aromatic hydroxyl groups is 1. The molecule has 0 bridgehead atoms. The smallest absolute Gasteiger partial charge is 0.244 e. The van der Waals surface area contributed by atoms with Gasteiger partial charge in [-0.15, -0.1) is 0 Å². The Kier molecular flexibility index (Phi) is 3.89. The lowest BCUT2D eigenvalue weighted by Crippen LogP contribution is -2.28. The van der Waals surface area contributed by atoms with E-state index in [0.29, 0.717) is 5.69 Å². The first kappa shape index (κ1) is 13.9. The van der Waals surface area contributed by atoms with Crippen molar-refractivity contribution in [3.05, 3.63) is 59.4 Å². The van der Waals surface area contributed by atoms with Crippen LogP contribution in [-0.4, -0.2) is 11.0 Å². The molecule has 4 N–H and O–H groups in total. The predicted molar refractivity (Wildman–Crippen MR) is 74.8 cm³/mol. The van der Waals surface area contributed by atoms with Gasteiger partial charge in [-0.1, -0.05) is 18.2 Å². The number of primary amides is 1. The zero-order chi connectivity index (χ0) is 14.7. The molecule has 20 heavy (non-hydrogen) atoms. The van der Waals surface area contributed by atoms with Gasteiger partial charge in [0.1, 0.15) is 17.6 Å². The Bertz CT molecular complexity index is 644. The van der Waals surface area contributed by atoms with E-state index >= 15 is 0 Å². The van der Waals surface area contributed by atoms with Crippen molar-refractivity contribution in [1.82, 2.24) is 0 Å². The fraction of sp³-hybridized carbons (Fsp3) is 0.133. The first-order valence-corrected chi connectivity index (χ1v) is 6.09. The summed E-state index contributed by atoms with van der Waals surface area (Å²) in [5.41, 5.74) is 7.07. The molecule has 5 heteroatoms. The van der Waals surface area contributed by atoms with Crippen molar-refractivity contribution in [1.29, 1.82) is 0 Å². The van der Waals surface area contributed by atoms with Gasteiger partial charge in [0.2, 0.25) is 5.91 Å². The van der Waals surface area contributed by atoms with Gasteiger partial charge >= 0.3 is 0 Å². The summed E-state index contributed by atoms with van der Waals surface area (Å²) >= 11 is 0. The molecule has 2 aromatic rings. The number of halogens is 1. The van der Waals surface area contributed by atoms with Crippen molar-refractivity contribution in [2.75, 3.05) is 5.32 Å². The summed E-state index contributed by atoms with van der Waals surface area (Å²) in [4.78, 5) is 11.6. The fourth-order valence-corrected chi connectivity index (χ4v) is 1.95. The fourth-order valence-electron chi connectivity index (χ4n) is 1.95. The third-order valence-electron chi connectivity index (χ3n) is 3.03. The molecule has 0 aliphatic rings. The van der Waals surface area contributed by atoms with Crippen LogP contribution >= 0.6 is 0 Å². The third-order valence-corrected chi connectivity index (χ3v) is 3.03. The number of benzene rings is 2. The van der Waals surface area contributed by atoms with Gasteiger partial charge in [-0.05, 0) is 36.8 Å². The van der Waals surface area contributed by atoms with Gasteiger partial charge in [0, 0.05) is 11.3 Å². The van der Waals surface area contributed by atoms with Crippen molar-refractivity contribution < 1.29 is 14.3 Å². The summed E-state index contributed by atoms with van der Waals surface area (Å²) in [6, 6.07) is 9.71. The molecule has 0 heterocycles. The molecule has 1 atom stereocenters. The molecule has 2 rings (SSSR count). The molecule has 2 aromatic carbocycles. The molecule has 0 radical (unpaired) electrons. The molecule has 0 spiro atoms. The number of anilines is 1. The first-order valence-electron chi connectivity index (χ1n) is 6.09. The molecule has 0 saturated carbocycles. The summed E-state index contributed by atoms with van der Waals surface area (Å²) in [5.74, 6) is -1.43. The molecule has 0 fully saturated rings. The second kappa shape index (κ2) is 5.61. The average Bonchev–Trinajstić information content (AvgIpc) is 2.40. The number of phenolic OH excluding ortho intramolecular Hbond substituents is 1. The number of para-hydroxylation sites is 1. The van der Waals surface area contributed by atoms with Crippen molar-refractivity contribution in [3.8, 4) is 5.75 Å². The molecule has 1 amide bonds. The number of rotatable bonds is 4. The van der Waals surface area contributed by atoms with Gasteiger partial charge in [-0.3, -0.25) is 4.79 Å². The standard InChI is InChI=1S/C15H15FN2O2/c1-9-4-2-3-5-12(9)18-14(15(17)20)11-8-10(16)6-7-13(11)19/h2-8,14,18-19H,1H3,(H2,17,20). The van der Waals surface area contributed by atoms with Crippen LogP contribution in [0, 0.1) is 12.7 Å². The van der Waals surface area contributed by atoms with Crippen LogP contribution < -0.4 is 11.1 Å². The Morgan fingerprint density at radius 2 is 2.00 bits per heavy atom. The molecule has 0 saturated heterocycles. The van der Waals surface area contributed by atoms with E-state index in [2.05, 4.69) is 5.32 Å². The van der Waals surface area contributed by atoms with E-state index in [0.717, 1.165) is 17.7 Å². The lowest BCUT2D eigenvalue weighted by molar-refractivity contribution is -0.118. The van der Waals surface area contributed by atoms with Crippen LogP contribution in [0.2, 0.25) is 0 Å². The van der Waals surface area contributed by atoms with E-state index in [1.165, 1.54) is 6.07 Å². The largest absolute Gasteiger partial charge is 0.508 e. The monoisotopic (exact) mass is 274 g/mol. The minimum Gasteiger partial charge on any atom is -0.508 e. The van der Waals surface area contributed by atoms with Gasteiger partial charge < -0.3 is 16.2 Å². The number of amides is 1. The van der Waals surface area contributed by atoms with E-state index in [-0.39, 0.29) is 11.3 Å². The van der Waals surface area contributed by atoms with Crippen molar-refractivity contribution in [2.45, 2.75) is 13.0 Å². The highest BCUT2D eigenvalue weighted by Crippen LogP contribution is 2.28. The maximum absolute atomic E-state index is 13.3. The minimum absolute atomic E-state index is 0.112. The molecule has 4 nitrogen and oxygen atoms in total.